The number of ketones is 1. The first kappa shape index (κ1) is 18.7. The highest BCUT2D eigenvalue weighted by Crippen LogP contribution is 2.24. The van der Waals surface area contributed by atoms with Crippen LogP contribution >= 0.6 is 9.39 Å². The topological polar surface area (TPSA) is 78.9 Å². The average molecular weight is 371 g/mol. The van der Waals surface area contributed by atoms with Gasteiger partial charge in [0.15, 0.2) is 5.78 Å². The van der Waals surface area contributed by atoms with Crippen molar-refractivity contribution in [2.24, 2.45) is 0 Å². The van der Waals surface area contributed by atoms with Crippen molar-refractivity contribution in [3.8, 4) is 0 Å². The van der Waals surface area contributed by atoms with Crippen LogP contribution in [0, 0.1) is 6.92 Å². The van der Waals surface area contributed by atoms with Crippen LogP contribution in [0.5, 0.6) is 0 Å². The normalized spacial score (nSPS) is 19.8. The summed E-state index contributed by atoms with van der Waals surface area (Å²) in [4.78, 5) is 20.9. The fourth-order valence-corrected chi connectivity index (χ4v) is 3.73. The first-order valence-electron chi connectivity index (χ1n) is 9.01. The minimum absolute atomic E-state index is 0.0612. The van der Waals surface area contributed by atoms with Crippen LogP contribution in [0.3, 0.4) is 0 Å². The molecule has 1 unspecified atom stereocenters. The third-order valence-electron chi connectivity index (χ3n) is 4.74. The Kier molecular flexibility index (Phi) is 6.17. The molecule has 1 fully saturated rings. The molecule has 3 N–H and O–H groups in total. The fourth-order valence-electron chi connectivity index (χ4n) is 3.33. The second kappa shape index (κ2) is 8.56. The summed E-state index contributed by atoms with van der Waals surface area (Å²) in [6.07, 6.45) is 6.22. The number of rotatable bonds is 6. The van der Waals surface area contributed by atoms with Crippen LogP contribution < -0.4 is 15.7 Å². The van der Waals surface area contributed by atoms with Crippen molar-refractivity contribution in [1.82, 2.24) is 15.1 Å². The second-order valence-corrected chi connectivity index (χ2v) is 7.15. The van der Waals surface area contributed by atoms with Gasteiger partial charge in [-0.05, 0) is 44.4 Å². The Bertz CT molecular complexity index is 782. The van der Waals surface area contributed by atoms with Crippen LogP contribution in [-0.2, 0) is 0 Å². The zero-order chi connectivity index (χ0) is 18.5. The maximum atomic E-state index is 12.0. The van der Waals surface area contributed by atoms with Crippen molar-refractivity contribution in [2.75, 3.05) is 10.6 Å². The maximum Gasteiger partial charge on any atom is 0.224 e. The second-order valence-electron chi connectivity index (χ2n) is 6.82. The lowest BCUT2D eigenvalue weighted by Crippen LogP contribution is -2.42. The van der Waals surface area contributed by atoms with Gasteiger partial charge in [0.2, 0.25) is 5.95 Å². The van der Waals surface area contributed by atoms with Gasteiger partial charge in [0, 0.05) is 24.0 Å². The lowest BCUT2D eigenvalue weighted by molar-refractivity contribution is 0.101. The van der Waals surface area contributed by atoms with E-state index in [1.54, 1.807) is 6.20 Å². The number of carbonyl (C=O) groups excluding carboxylic acids is 1. The Balaban J connectivity index is 1.85. The zero-order valence-corrected chi connectivity index (χ0v) is 16.4. The van der Waals surface area contributed by atoms with Crippen LogP contribution in [-0.4, -0.2) is 27.8 Å². The maximum absolute atomic E-state index is 12.0. The van der Waals surface area contributed by atoms with Crippen molar-refractivity contribution in [2.45, 2.75) is 51.6 Å². The number of Topliss-reactive ketones (excluding diaryl/α,β-unsaturated/α-hetero) is 1. The van der Waals surface area contributed by atoms with Crippen molar-refractivity contribution in [3.63, 3.8) is 0 Å². The summed E-state index contributed by atoms with van der Waals surface area (Å²) in [6.45, 7) is 3.56. The highest BCUT2D eigenvalue weighted by molar-refractivity contribution is 7.13. The number of hydrogen-bond donors (Lipinski definition) is 3. The van der Waals surface area contributed by atoms with E-state index in [9.17, 15) is 4.79 Å². The first-order valence-corrected chi connectivity index (χ1v) is 9.59. The molecule has 1 aromatic carbocycles. The number of aryl methyl sites for hydroxylation is 1. The van der Waals surface area contributed by atoms with Crippen LogP contribution in [0.4, 0.5) is 17.5 Å². The summed E-state index contributed by atoms with van der Waals surface area (Å²) in [5.74, 6) is 1.02. The van der Waals surface area contributed by atoms with E-state index in [0.29, 0.717) is 23.4 Å². The number of anilines is 3. The molecule has 2 aromatic rings. The van der Waals surface area contributed by atoms with E-state index in [1.807, 2.05) is 31.2 Å². The lowest BCUT2D eigenvalue weighted by atomic mass is 9.91. The van der Waals surface area contributed by atoms with Gasteiger partial charge in [-0.25, -0.2) is 4.98 Å². The van der Waals surface area contributed by atoms with Gasteiger partial charge in [-0.15, -0.1) is 0 Å². The molecule has 0 radical (unpaired) electrons. The summed E-state index contributed by atoms with van der Waals surface area (Å²) in [7, 11) is 2.61. The number of benzene rings is 1. The van der Waals surface area contributed by atoms with Crippen molar-refractivity contribution in [1.29, 1.82) is 0 Å². The third-order valence-corrected chi connectivity index (χ3v) is 5.17. The molecule has 1 aliphatic rings. The molecule has 7 heteroatoms. The van der Waals surface area contributed by atoms with Gasteiger partial charge < -0.3 is 10.6 Å². The molecular weight excluding hydrogens is 345 g/mol. The molecule has 0 aliphatic heterocycles. The van der Waals surface area contributed by atoms with Crippen molar-refractivity contribution < 1.29 is 4.79 Å². The Labute approximate surface area is 156 Å². The Hall–Kier alpha value is -2.04. The van der Waals surface area contributed by atoms with E-state index >= 15 is 0 Å². The van der Waals surface area contributed by atoms with Gasteiger partial charge in [0.05, 0.1) is 5.56 Å². The molecule has 1 aromatic heterocycles. The molecular formula is C19H26N5OP. The van der Waals surface area contributed by atoms with E-state index in [1.165, 1.54) is 19.8 Å². The fraction of sp³-hybridized carbons (Fsp3) is 0.421. The zero-order valence-electron chi connectivity index (χ0n) is 15.2. The molecule has 1 heterocycles. The highest BCUT2D eigenvalue weighted by Gasteiger charge is 2.24. The Morgan fingerprint density at radius 1 is 1.23 bits per heavy atom. The minimum Gasteiger partial charge on any atom is -0.350 e. The molecule has 0 saturated heterocycles. The standard InChI is InChI=1S/C19H26N5OP/c1-12-6-5-7-14(10-12)21-18-15(13(2)25)11-20-19(23-18)22-16-8-3-4-9-17(16)24-26/h5-7,10-11,16-17,24H,3-4,8-9,26H2,1-2H3,(H2,20,21,22,23)/t16-,17+/m1/s1. The quantitative estimate of drug-likeness (QED) is 0.529. The Morgan fingerprint density at radius 2 is 2.00 bits per heavy atom. The van der Waals surface area contributed by atoms with E-state index in [-0.39, 0.29) is 11.8 Å². The number of aromatic nitrogens is 2. The molecule has 138 valence electrons. The van der Waals surface area contributed by atoms with Crippen molar-refractivity contribution >= 4 is 32.6 Å². The highest BCUT2D eigenvalue weighted by atomic mass is 31.0. The number of carbonyl (C=O) groups is 1. The smallest absolute Gasteiger partial charge is 0.224 e. The van der Waals surface area contributed by atoms with Gasteiger partial charge in [-0.2, -0.15) is 4.98 Å². The molecule has 26 heavy (non-hydrogen) atoms. The average Bonchev–Trinajstić information content (AvgIpc) is 2.62. The monoisotopic (exact) mass is 371 g/mol. The number of nitrogens with zero attached hydrogens (tertiary/aromatic N) is 2. The van der Waals surface area contributed by atoms with E-state index in [0.717, 1.165) is 24.1 Å². The van der Waals surface area contributed by atoms with Gasteiger partial charge >= 0.3 is 0 Å². The molecule has 3 atom stereocenters. The number of nitrogens with one attached hydrogen (secondary N) is 3. The Morgan fingerprint density at radius 3 is 2.69 bits per heavy atom. The molecule has 0 amide bonds. The van der Waals surface area contributed by atoms with E-state index in [2.05, 4.69) is 35.1 Å². The van der Waals surface area contributed by atoms with E-state index in [4.69, 9.17) is 0 Å². The first-order chi connectivity index (χ1) is 12.6. The third kappa shape index (κ3) is 4.57. The van der Waals surface area contributed by atoms with Crippen LogP contribution in [0.25, 0.3) is 0 Å². The molecule has 6 nitrogen and oxygen atoms in total. The minimum atomic E-state index is -0.0612. The van der Waals surface area contributed by atoms with Crippen LogP contribution in [0.15, 0.2) is 30.5 Å². The number of hydrogen-bond acceptors (Lipinski definition) is 6. The predicted octanol–water partition coefficient (Wildman–Crippen LogP) is 3.83. The van der Waals surface area contributed by atoms with Gasteiger partial charge in [0.25, 0.3) is 0 Å². The summed E-state index contributed by atoms with van der Waals surface area (Å²) in [5.41, 5.74) is 2.53. The molecule has 0 spiro atoms. The van der Waals surface area contributed by atoms with Crippen LogP contribution in [0.2, 0.25) is 0 Å². The summed E-state index contributed by atoms with van der Waals surface area (Å²) < 4.78 is 0. The van der Waals surface area contributed by atoms with Gasteiger partial charge in [0.1, 0.15) is 5.82 Å². The summed E-state index contributed by atoms with van der Waals surface area (Å²) in [5, 5.41) is 10.00. The van der Waals surface area contributed by atoms with Crippen molar-refractivity contribution in [3.05, 3.63) is 41.6 Å². The summed E-state index contributed by atoms with van der Waals surface area (Å²) >= 11 is 0. The molecule has 1 aliphatic carbocycles. The molecule has 3 rings (SSSR count). The predicted molar refractivity (Wildman–Crippen MR) is 109 cm³/mol. The summed E-state index contributed by atoms with van der Waals surface area (Å²) in [6, 6.07) is 8.64. The van der Waals surface area contributed by atoms with Gasteiger partial charge in [-0.1, -0.05) is 34.4 Å². The largest absolute Gasteiger partial charge is 0.350 e. The molecule has 0 bridgehead atoms. The van der Waals surface area contributed by atoms with Crippen LogP contribution in [0.1, 0.15) is 48.5 Å². The molecule has 1 saturated carbocycles. The van der Waals surface area contributed by atoms with Gasteiger partial charge in [-0.3, -0.25) is 9.88 Å². The van der Waals surface area contributed by atoms with E-state index < -0.39 is 0 Å². The lowest BCUT2D eigenvalue weighted by Gasteiger charge is -2.31. The SMILES string of the molecule is CC(=O)c1cnc(N[C@@H]2CCCC[C@@H]2NP)nc1Nc1cccc(C)c1.